The number of hydrogen-bond acceptors (Lipinski definition) is 5. The van der Waals surface area contributed by atoms with E-state index in [2.05, 4.69) is 234 Å². The Hall–Kier alpha value is -4.90. The molecular formula is C85H130O5. The molecule has 500 valence electrons. The third kappa shape index (κ3) is 21.9. The first-order valence-electron chi connectivity index (χ1n) is 35.8. The molecule has 6 rings (SSSR count). The van der Waals surface area contributed by atoms with Crippen LogP contribution in [0.5, 0.6) is 28.7 Å². The minimum Gasteiger partial charge on any atom is -0.493 e. The Morgan fingerprint density at radius 3 is 0.456 bits per heavy atom. The third-order valence-corrected chi connectivity index (χ3v) is 18.3. The Balaban J connectivity index is 1.90. The van der Waals surface area contributed by atoms with Gasteiger partial charge in [0, 0.05) is 32.1 Å². The molecule has 0 spiro atoms. The monoisotopic (exact) mass is 1230 g/mol. The molecule has 0 heterocycles. The topological polar surface area (TPSA) is 46.2 Å². The second kappa shape index (κ2) is 31.8. The zero-order chi connectivity index (χ0) is 66.7. The van der Waals surface area contributed by atoms with Crippen LogP contribution >= 0.6 is 0 Å². The Labute approximate surface area is 552 Å². The highest BCUT2D eigenvalue weighted by atomic mass is 16.5. The molecule has 0 saturated heterocycles. The number of ether oxygens (including phenoxy) is 5. The summed E-state index contributed by atoms with van der Waals surface area (Å²) < 4.78 is 37.3. The maximum absolute atomic E-state index is 7.46. The zero-order valence-electron chi connectivity index (χ0n) is 62.3. The number of fused-ring (bicyclic) bond motifs is 10. The van der Waals surface area contributed by atoms with Crippen LogP contribution in [-0.4, -0.2) is 33.0 Å². The molecule has 0 saturated carbocycles. The highest BCUT2D eigenvalue weighted by Gasteiger charge is 2.31. The Kier molecular flexibility index (Phi) is 26.2. The highest BCUT2D eigenvalue weighted by molar-refractivity contribution is 5.61. The van der Waals surface area contributed by atoms with Gasteiger partial charge in [-0.2, -0.15) is 0 Å². The van der Waals surface area contributed by atoms with E-state index in [-0.39, 0.29) is 27.1 Å². The minimum absolute atomic E-state index is 0.153. The Morgan fingerprint density at radius 1 is 0.233 bits per heavy atom. The standard InChI is InChI=1S/C85H130O5/c1-56(2)31-26-36-86-76-61-41-63-48-72(82(14,15)16)50-65(77(63)87-37-27-32-57(3)4)43-67-52-74(84(20,21)22)54-69(79(67)89-39-29-34-59(7)8)45-70-55-75(85(23,24)25)53-68(80(70)90-40-30-35-60(9)10)44-66-51-73(83(17,18)19)49-64(78(66)88-38-28-33-58(5)6)42-62(76)47-71(46-61)81(11,12)13/h46-60H,26-45H2,1-25H3. The van der Waals surface area contributed by atoms with E-state index in [1.807, 2.05) is 0 Å². The smallest absolute Gasteiger partial charge is 0.126 e. The van der Waals surface area contributed by atoms with Gasteiger partial charge in [-0.15, -0.1) is 0 Å². The zero-order valence-corrected chi connectivity index (χ0v) is 62.3. The highest BCUT2D eigenvalue weighted by Crippen LogP contribution is 2.46. The van der Waals surface area contributed by atoms with Crippen LogP contribution in [0, 0.1) is 29.6 Å². The predicted octanol–water partition coefficient (Wildman–Crippen LogP) is 23.5. The van der Waals surface area contributed by atoms with Crippen molar-refractivity contribution in [1.82, 2.24) is 0 Å². The quantitative estimate of drug-likeness (QED) is 0.0535. The molecule has 1 aliphatic rings. The third-order valence-electron chi connectivity index (χ3n) is 18.3. The van der Waals surface area contributed by atoms with E-state index in [0.29, 0.717) is 94.7 Å². The van der Waals surface area contributed by atoms with Gasteiger partial charge in [-0.25, -0.2) is 0 Å². The SMILES string of the molecule is CC(C)CCCOc1c2cc(C(C)(C)C)cc1Cc1cc(C(C)(C)C)cc(c1OCCCC(C)C)Cc1cc(C(C)(C)C)cc(c1OCCCC(C)C)Cc1cc(C(C)(C)C)cc(c1OCCCC(C)C)Cc1cc(C(C)(C)C)cc(c1OCCCC(C)C)C2. The van der Waals surface area contributed by atoms with Crippen LogP contribution in [0.25, 0.3) is 0 Å². The van der Waals surface area contributed by atoms with Crippen LogP contribution < -0.4 is 23.7 Å². The van der Waals surface area contributed by atoms with Crippen LogP contribution in [0.15, 0.2) is 60.7 Å². The van der Waals surface area contributed by atoms with Gasteiger partial charge in [0.05, 0.1) is 33.0 Å². The van der Waals surface area contributed by atoms with Gasteiger partial charge in [-0.05, 0) is 204 Å². The molecule has 1 aliphatic carbocycles. The van der Waals surface area contributed by atoms with Crippen molar-refractivity contribution in [3.63, 3.8) is 0 Å². The molecule has 0 N–H and O–H groups in total. The average Bonchev–Trinajstić information content (AvgIpc) is 0.991. The Bertz CT molecular complexity index is 2490. The summed E-state index contributed by atoms with van der Waals surface area (Å²) in [4.78, 5) is 0. The van der Waals surface area contributed by atoms with Gasteiger partial charge in [0.15, 0.2) is 0 Å². The molecule has 0 radical (unpaired) electrons. The summed E-state index contributed by atoms with van der Waals surface area (Å²) in [6.07, 6.45) is 13.7. The van der Waals surface area contributed by atoms with E-state index >= 15 is 0 Å². The maximum atomic E-state index is 7.46. The molecule has 10 bridgehead atoms. The van der Waals surface area contributed by atoms with E-state index in [1.54, 1.807) is 0 Å². The lowest BCUT2D eigenvalue weighted by Gasteiger charge is -2.29. The van der Waals surface area contributed by atoms with Crippen molar-refractivity contribution >= 4 is 0 Å². The molecule has 0 aliphatic heterocycles. The summed E-state index contributed by atoms with van der Waals surface area (Å²) in [6, 6.07) is 24.9. The van der Waals surface area contributed by atoms with Crippen LogP contribution in [0.2, 0.25) is 0 Å². The fourth-order valence-corrected chi connectivity index (χ4v) is 12.5. The van der Waals surface area contributed by atoms with Crippen LogP contribution in [-0.2, 0) is 59.2 Å². The molecule has 5 heteroatoms. The first kappa shape index (κ1) is 74.1. The van der Waals surface area contributed by atoms with Gasteiger partial charge in [0.1, 0.15) is 28.7 Å². The van der Waals surface area contributed by atoms with Gasteiger partial charge in [-0.1, -0.05) is 234 Å². The van der Waals surface area contributed by atoms with Crippen molar-refractivity contribution in [2.45, 2.75) is 296 Å². The Morgan fingerprint density at radius 2 is 0.356 bits per heavy atom. The van der Waals surface area contributed by atoms with Crippen LogP contribution in [0.1, 0.15) is 321 Å². The van der Waals surface area contributed by atoms with Gasteiger partial charge in [0.2, 0.25) is 0 Å². The summed E-state index contributed by atoms with van der Waals surface area (Å²) in [5, 5.41) is 0. The van der Waals surface area contributed by atoms with Crippen molar-refractivity contribution in [2.75, 3.05) is 33.0 Å². The summed E-state index contributed by atoms with van der Waals surface area (Å²) in [5.41, 5.74) is 17.9. The van der Waals surface area contributed by atoms with Gasteiger partial charge in [-0.3, -0.25) is 0 Å². The molecule has 5 nitrogen and oxygen atoms in total. The average molecular weight is 1230 g/mol. The van der Waals surface area contributed by atoms with Gasteiger partial charge in [0.25, 0.3) is 0 Å². The molecule has 0 atom stereocenters. The maximum Gasteiger partial charge on any atom is 0.126 e. The van der Waals surface area contributed by atoms with Crippen molar-refractivity contribution < 1.29 is 23.7 Å². The van der Waals surface area contributed by atoms with E-state index < -0.39 is 0 Å². The van der Waals surface area contributed by atoms with E-state index in [9.17, 15) is 0 Å². The molecular weight excluding hydrogens is 1100 g/mol. The lowest BCUT2D eigenvalue weighted by Crippen LogP contribution is -2.18. The van der Waals surface area contributed by atoms with Crippen LogP contribution in [0.3, 0.4) is 0 Å². The first-order chi connectivity index (χ1) is 41.9. The molecule has 0 fully saturated rings. The second-order valence-corrected chi connectivity index (χ2v) is 34.7. The lowest BCUT2D eigenvalue weighted by atomic mass is 9.79. The second-order valence-electron chi connectivity index (χ2n) is 34.7. The van der Waals surface area contributed by atoms with E-state index in [4.69, 9.17) is 23.7 Å². The van der Waals surface area contributed by atoms with Crippen molar-refractivity contribution in [1.29, 1.82) is 0 Å². The van der Waals surface area contributed by atoms with Crippen molar-refractivity contribution in [2.24, 2.45) is 29.6 Å². The van der Waals surface area contributed by atoms with Crippen molar-refractivity contribution in [3.05, 3.63) is 144 Å². The summed E-state index contributed by atoms with van der Waals surface area (Å²) in [5.74, 6) is 7.91. The summed E-state index contributed by atoms with van der Waals surface area (Å²) in [6.45, 7) is 62.1. The first-order valence-corrected chi connectivity index (χ1v) is 35.8. The van der Waals surface area contributed by atoms with E-state index in [0.717, 1.165) is 93.0 Å². The number of rotatable bonds is 25. The molecule has 90 heavy (non-hydrogen) atoms. The van der Waals surface area contributed by atoms with Crippen molar-refractivity contribution in [3.8, 4) is 28.7 Å². The molecule has 5 aromatic carbocycles. The number of hydrogen-bond donors (Lipinski definition) is 0. The van der Waals surface area contributed by atoms with Gasteiger partial charge >= 0.3 is 0 Å². The van der Waals surface area contributed by atoms with Crippen LogP contribution in [0.4, 0.5) is 0 Å². The molecule has 0 amide bonds. The van der Waals surface area contributed by atoms with E-state index in [1.165, 1.54) is 83.5 Å². The fraction of sp³-hybridized carbons (Fsp3) is 0.647. The summed E-state index contributed by atoms with van der Waals surface area (Å²) >= 11 is 0. The predicted molar refractivity (Wildman–Crippen MR) is 388 cm³/mol. The minimum atomic E-state index is -0.153. The molecule has 0 unspecified atom stereocenters. The van der Waals surface area contributed by atoms with Gasteiger partial charge < -0.3 is 23.7 Å². The summed E-state index contributed by atoms with van der Waals surface area (Å²) in [7, 11) is 0. The lowest BCUT2D eigenvalue weighted by molar-refractivity contribution is 0.286. The molecule has 5 aromatic rings. The fourth-order valence-electron chi connectivity index (χ4n) is 12.5. The molecule has 0 aromatic heterocycles. The normalized spacial score (nSPS) is 13.7. The largest absolute Gasteiger partial charge is 0.493 e. The number of benzene rings is 5.